The molecule has 0 aliphatic carbocycles. The van der Waals surface area contributed by atoms with E-state index in [0.29, 0.717) is 12.2 Å². The maximum absolute atomic E-state index is 10.9. The molecule has 1 heterocycles. The van der Waals surface area contributed by atoms with Crippen LogP contribution in [-0.2, 0) is 6.54 Å². The standard InChI is InChI=1S/C21H17N3O3/c1-27-19-12-10-17(11-13-19)23-14-15-4-2-3-5-20(15)21(23)22-16-6-8-18(9-7-16)24(25)26/h2-13H,14H2,1H3. The van der Waals surface area contributed by atoms with Crippen LogP contribution in [0.25, 0.3) is 0 Å². The number of nitro groups is 1. The summed E-state index contributed by atoms with van der Waals surface area (Å²) in [7, 11) is 1.64. The molecule has 0 aromatic heterocycles. The van der Waals surface area contributed by atoms with Crippen LogP contribution in [-0.4, -0.2) is 17.9 Å². The van der Waals surface area contributed by atoms with E-state index >= 15 is 0 Å². The summed E-state index contributed by atoms with van der Waals surface area (Å²) in [6.45, 7) is 0.717. The van der Waals surface area contributed by atoms with E-state index in [-0.39, 0.29) is 5.69 Å². The van der Waals surface area contributed by atoms with Crippen molar-refractivity contribution in [3.63, 3.8) is 0 Å². The second kappa shape index (κ2) is 6.92. The quantitative estimate of drug-likeness (QED) is 0.500. The summed E-state index contributed by atoms with van der Waals surface area (Å²) < 4.78 is 5.24. The second-order valence-electron chi connectivity index (χ2n) is 6.15. The smallest absolute Gasteiger partial charge is 0.269 e. The molecule has 134 valence electrons. The summed E-state index contributed by atoms with van der Waals surface area (Å²) in [5.74, 6) is 1.62. The molecule has 0 radical (unpaired) electrons. The third-order valence-corrected chi connectivity index (χ3v) is 4.52. The van der Waals surface area contributed by atoms with E-state index in [9.17, 15) is 10.1 Å². The van der Waals surface area contributed by atoms with E-state index in [1.165, 1.54) is 17.7 Å². The first-order valence-electron chi connectivity index (χ1n) is 8.49. The number of hydrogen-bond donors (Lipinski definition) is 0. The van der Waals surface area contributed by atoms with Crippen molar-refractivity contribution < 1.29 is 9.66 Å². The third kappa shape index (κ3) is 3.25. The van der Waals surface area contributed by atoms with Gasteiger partial charge in [0.25, 0.3) is 5.69 Å². The van der Waals surface area contributed by atoms with Crippen molar-refractivity contribution in [3.8, 4) is 5.75 Å². The highest BCUT2D eigenvalue weighted by Gasteiger charge is 2.26. The molecule has 0 atom stereocenters. The minimum absolute atomic E-state index is 0.0535. The highest BCUT2D eigenvalue weighted by molar-refractivity contribution is 6.14. The van der Waals surface area contributed by atoms with Crippen molar-refractivity contribution in [2.24, 2.45) is 4.99 Å². The Morgan fingerprint density at radius 3 is 2.37 bits per heavy atom. The molecular weight excluding hydrogens is 342 g/mol. The van der Waals surface area contributed by atoms with Crippen LogP contribution >= 0.6 is 0 Å². The largest absolute Gasteiger partial charge is 0.497 e. The Morgan fingerprint density at radius 2 is 1.70 bits per heavy atom. The monoisotopic (exact) mass is 359 g/mol. The Kier molecular flexibility index (Phi) is 4.30. The number of non-ortho nitro benzene ring substituents is 1. The first-order chi connectivity index (χ1) is 13.2. The Bertz CT molecular complexity index is 1010. The molecule has 0 amide bonds. The van der Waals surface area contributed by atoms with Gasteiger partial charge >= 0.3 is 0 Å². The summed E-state index contributed by atoms with van der Waals surface area (Å²) in [5.41, 5.74) is 3.98. The summed E-state index contributed by atoms with van der Waals surface area (Å²) in [4.78, 5) is 17.4. The van der Waals surface area contributed by atoms with Crippen LogP contribution in [0.5, 0.6) is 5.75 Å². The van der Waals surface area contributed by atoms with Gasteiger partial charge in [-0.3, -0.25) is 10.1 Å². The molecule has 0 bridgehead atoms. The molecule has 0 fully saturated rings. The summed E-state index contributed by atoms with van der Waals surface area (Å²) in [6.07, 6.45) is 0. The van der Waals surface area contributed by atoms with E-state index in [1.54, 1.807) is 19.2 Å². The Labute approximate surface area is 156 Å². The number of benzene rings is 3. The lowest BCUT2D eigenvalue weighted by Crippen LogP contribution is -2.23. The fourth-order valence-corrected chi connectivity index (χ4v) is 3.13. The average Bonchev–Trinajstić information content (AvgIpc) is 3.07. The minimum atomic E-state index is -0.411. The van der Waals surface area contributed by atoms with Crippen molar-refractivity contribution in [2.45, 2.75) is 6.54 Å². The van der Waals surface area contributed by atoms with Crippen LogP contribution < -0.4 is 9.64 Å². The lowest BCUT2D eigenvalue weighted by Gasteiger charge is -2.19. The van der Waals surface area contributed by atoms with E-state index in [0.717, 1.165) is 22.8 Å². The van der Waals surface area contributed by atoms with Crippen molar-refractivity contribution in [1.29, 1.82) is 0 Å². The minimum Gasteiger partial charge on any atom is -0.497 e. The van der Waals surface area contributed by atoms with Crippen LogP contribution in [0.4, 0.5) is 17.1 Å². The van der Waals surface area contributed by atoms with Gasteiger partial charge in [-0.15, -0.1) is 0 Å². The Morgan fingerprint density at radius 1 is 1.00 bits per heavy atom. The molecule has 0 saturated carbocycles. The summed E-state index contributed by atoms with van der Waals surface area (Å²) in [6, 6.07) is 22.2. The van der Waals surface area contributed by atoms with Gasteiger partial charge in [-0.05, 0) is 42.0 Å². The molecule has 1 aliphatic heterocycles. The summed E-state index contributed by atoms with van der Waals surface area (Å²) in [5, 5.41) is 10.9. The number of nitrogens with zero attached hydrogens (tertiary/aromatic N) is 3. The van der Waals surface area contributed by atoms with Crippen LogP contribution in [0.1, 0.15) is 11.1 Å². The predicted molar refractivity (Wildman–Crippen MR) is 105 cm³/mol. The van der Waals surface area contributed by atoms with E-state index in [4.69, 9.17) is 9.73 Å². The maximum atomic E-state index is 10.9. The second-order valence-corrected chi connectivity index (χ2v) is 6.15. The van der Waals surface area contributed by atoms with Gasteiger partial charge in [0.05, 0.1) is 24.3 Å². The zero-order valence-corrected chi connectivity index (χ0v) is 14.7. The van der Waals surface area contributed by atoms with Crippen LogP contribution in [0.2, 0.25) is 0 Å². The van der Waals surface area contributed by atoms with Crippen molar-refractivity contribution in [3.05, 3.63) is 94.0 Å². The third-order valence-electron chi connectivity index (χ3n) is 4.52. The maximum Gasteiger partial charge on any atom is 0.269 e. The molecule has 0 N–H and O–H groups in total. The van der Waals surface area contributed by atoms with Gasteiger partial charge in [-0.25, -0.2) is 4.99 Å². The Balaban J connectivity index is 1.76. The van der Waals surface area contributed by atoms with Gasteiger partial charge in [0.2, 0.25) is 0 Å². The summed E-state index contributed by atoms with van der Waals surface area (Å²) >= 11 is 0. The first kappa shape index (κ1) is 16.8. The molecule has 0 spiro atoms. The lowest BCUT2D eigenvalue weighted by molar-refractivity contribution is -0.384. The molecule has 6 nitrogen and oxygen atoms in total. The normalized spacial score (nSPS) is 14.3. The lowest BCUT2D eigenvalue weighted by atomic mass is 10.1. The first-order valence-corrected chi connectivity index (χ1v) is 8.49. The number of fused-ring (bicyclic) bond motifs is 1. The highest BCUT2D eigenvalue weighted by Crippen LogP contribution is 2.31. The Hall–Kier alpha value is -3.67. The average molecular weight is 359 g/mol. The SMILES string of the molecule is COc1ccc(N2Cc3ccccc3C2=Nc2ccc([N+](=O)[O-])cc2)cc1. The fraction of sp³-hybridized carbons (Fsp3) is 0.0952. The zero-order chi connectivity index (χ0) is 18.8. The zero-order valence-electron chi connectivity index (χ0n) is 14.7. The number of hydrogen-bond acceptors (Lipinski definition) is 4. The van der Waals surface area contributed by atoms with Crippen molar-refractivity contribution in [2.75, 3.05) is 12.0 Å². The fourth-order valence-electron chi connectivity index (χ4n) is 3.13. The number of nitro benzene ring substituents is 1. The number of rotatable bonds is 4. The van der Waals surface area contributed by atoms with Gasteiger partial charge in [0.1, 0.15) is 11.6 Å². The van der Waals surface area contributed by atoms with Crippen LogP contribution in [0, 0.1) is 10.1 Å². The van der Waals surface area contributed by atoms with Gasteiger partial charge in [-0.2, -0.15) is 0 Å². The number of anilines is 1. The van der Waals surface area contributed by atoms with Gasteiger partial charge in [0.15, 0.2) is 0 Å². The molecule has 0 saturated heterocycles. The van der Waals surface area contributed by atoms with Gasteiger partial charge < -0.3 is 9.64 Å². The van der Waals surface area contributed by atoms with Crippen molar-refractivity contribution in [1.82, 2.24) is 0 Å². The molecule has 1 aliphatic rings. The number of amidine groups is 1. The van der Waals surface area contributed by atoms with Gasteiger partial charge in [-0.1, -0.05) is 24.3 Å². The number of methoxy groups -OCH3 is 1. The predicted octanol–water partition coefficient (Wildman–Crippen LogP) is 4.70. The van der Waals surface area contributed by atoms with E-state index in [1.807, 2.05) is 42.5 Å². The van der Waals surface area contributed by atoms with Gasteiger partial charge in [0, 0.05) is 23.4 Å². The molecular formula is C21H17N3O3. The number of aliphatic imine (C=N–C) groups is 1. The molecule has 4 rings (SSSR count). The topological polar surface area (TPSA) is 68.0 Å². The van der Waals surface area contributed by atoms with E-state index < -0.39 is 4.92 Å². The molecule has 3 aromatic rings. The number of ether oxygens (including phenoxy) is 1. The van der Waals surface area contributed by atoms with E-state index in [2.05, 4.69) is 11.0 Å². The molecule has 0 unspecified atom stereocenters. The highest BCUT2D eigenvalue weighted by atomic mass is 16.6. The van der Waals surface area contributed by atoms with Crippen molar-refractivity contribution >= 4 is 22.9 Å². The van der Waals surface area contributed by atoms with Crippen LogP contribution in [0.3, 0.4) is 0 Å². The molecule has 27 heavy (non-hydrogen) atoms. The van der Waals surface area contributed by atoms with Crippen LogP contribution in [0.15, 0.2) is 77.8 Å². The molecule has 3 aromatic carbocycles. The molecule has 6 heteroatoms.